The molecule has 0 spiro atoms. The van der Waals surface area contributed by atoms with Gasteiger partial charge in [-0.15, -0.1) is 11.3 Å². The van der Waals surface area contributed by atoms with E-state index in [2.05, 4.69) is 5.32 Å². The summed E-state index contributed by atoms with van der Waals surface area (Å²) >= 11 is 1.14. The predicted octanol–water partition coefficient (Wildman–Crippen LogP) is 3.22. The molecule has 1 aliphatic carbocycles. The first-order valence-corrected chi connectivity index (χ1v) is 6.84. The quantitative estimate of drug-likeness (QED) is 0.897. The lowest BCUT2D eigenvalue weighted by atomic mass is 10.1. The van der Waals surface area contributed by atoms with Crippen LogP contribution in [0.25, 0.3) is 0 Å². The molecule has 0 saturated heterocycles. The lowest BCUT2D eigenvalue weighted by Crippen LogP contribution is -2.17. The van der Waals surface area contributed by atoms with Crippen LogP contribution in [0.3, 0.4) is 0 Å². The summed E-state index contributed by atoms with van der Waals surface area (Å²) in [5, 5.41) is 11.6. The number of aromatic carboxylic acids is 1. The minimum absolute atomic E-state index is 0.0304. The molecule has 4 nitrogen and oxygen atoms in total. The molecule has 0 bridgehead atoms. The van der Waals surface area contributed by atoms with E-state index in [4.69, 9.17) is 5.11 Å². The number of thiophene rings is 1. The largest absolute Gasteiger partial charge is 0.478 e. The van der Waals surface area contributed by atoms with Gasteiger partial charge in [0.1, 0.15) is 5.00 Å². The molecule has 0 aliphatic heterocycles. The van der Waals surface area contributed by atoms with Gasteiger partial charge in [-0.1, -0.05) is 0 Å². The molecule has 2 rings (SSSR count). The zero-order valence-electron chi connectivity index (χ0n) is 10.3. The zero-order chi connectivity index (χ0) is 14.9. The van der Waals surface area contributed by atoms with Crippen molar-refractivity contribution < 1.29 is 27.9 Å². The van der Waals surface area contributed by atoms with Crippen molar-refractivity contribution in [1.82, 2.24) is 0 Å². The van der Waals surface area contributed by atoms with Crippen molar-refractivity contribution in [3.05, 3.63) is 16.0 Å². The van der Waals surface area contributed by atoms with E-state index in [1.807, 2.05) is 0 Å². The van der Waals surface area contributed by atoms with Crippen molar-refractivity contribution in [3.63, 3.8) is 0 Å². The third-order valence-corrected chi connectivity index (χ3v) is 4.23. The van der Waals surface area contributed by atoms with Gasteiger partial charge in [-0.3, -0.25) is 4.79 Å². The Morgan fingerprint density at radius 1 is 1.30 bits per heavy atom. The van der Waals surface area contributed by atoms with E-state index >= 15 is 0 Å². The normalized spacial score (nSPS) is 14.2. The molecule has 110 valence electrons. The number of hydrogen-bond acceptors (Lipinski definition) is 3. The zero-order valence-corrected chi connectivity index (χ0v) is 11.2. The van der Waals surface area contributed by atoms with Crippen molar-refractivity contribution in [2.45, 2.75) is 38.3 Å². The number of rotatable bonds is 4. The smallest absolute Gasteiger partial charge is 0.389 e. The molecule has 20 heavy (non-hydrogen) atoms. The van der Waals surface area contributed by atoms with Crippen LogP contribution in [0.15, 0.2) is 0 Å². The number of alkyl halides is 3. The van der Waals surface area contributed by atoms with E-state index < -0.39 is 30.9 Å². The van der Waals surface area contributed by atoms with Crippen LogP contribution >= 0.6 is 11.3 Å². The summed E-state index contributed by atoms with van der Waals surface area (Å²) in [5.41, 5.74) is 0.733. The van der Waals surface area contributed by atoms with E-state index in [-0.39, 0.29) is 10.6 Å². The number of anilines is 1. The SMILES string of the molecule is O=C(CCC(F)(F)F)Nc1sc2c(c1C(=O)O)CCC2. The molecule has 8 heteroatoms. The Morgan fingerprint density at radius 2 is 2.00 bits per heavy atom. The molecular formula is C12H12F3NO3S. The van der Waals surface area contributed by atoms with Crippen LogP contribution < -0.4 is 5.32 Å². The van der Waals surface area contributed by atoms with Gasteiger partial charge in [-0.05, 0) is 24.8 Å². The van der Waals surface area contributed by atoms with Crippen LogP contribution in [-0.4, -0.2) is 23.2 Å². The standard InChI is InChI=1S/C12H12F3NO3S/c13-12(14,15)5-4-8(17)16-10-9(11(18)19)6-2-1-3-7(6)20-10/h1-5H2,(H,16,17)(H,18,19). The van der Waals surface area contributed by atoms with E-state index in [0.29, 0.717) is 12.0 Å². The van der Waals surface area contributed by atoms with Crippen LogP contribution in [0.1, 0.15) is 40.1 Å². The maximum absolute atomic E-state index is 12.0. The van der Waals surface area contributed by atoms with Crippen molar-refractivity contribution in [1.29, 1.82) is 0 Å². The Labute approximate surface area is 116 Å². The number of fused-ring (bicyclic) bond motifs is 1. The van der Waals surface area contributed by atoms with Gasteiger partial charge in [0.2, 0.25) is 5.91 Å². The number of carbonyl (C=O) groups excluding carboxylic acids is 1. The Kier molecular flexibility index (Phi) is 4.03. The first kappa shape index (κ1) is 14.8. The van der Waals surface area contributed by atoms with Gasteiger partial charge in [0, 0.05) is 11.3 Å². The highest BCUT2D eigenvalue weighted by molar-refractivity contribution is 7.17. The number of carbonyl (C=O) groups is 2. The highest BCUT2D eigenvalue weighted by Gasteiger charge is 2.30. The molecule has 1 aromatic rings. The van der Waals surface area contributed by atoms with Crippen molar-refractivity contribution in [3.8, 4) is 0 Å². The van der Waals surface area contributed by atoms with Crippen LogP contribution in [0, 0.1) is 0 Å². The predicted molar refractivity (Wildman–Crippen MR) is 67.2 cm³/mol. The average molecular weight is 307 g/mol. The Hall–Kier alpha value is -1.57. The van der Waals surface area contributed by atoms with Gasteiger partial charge in [-0.25, -0.2) is 4.79 Å². The lowest BCUT2D eigenvalue weighted by Gasteiger charge is -2.07. The van der Waals surface area contributed by atoms with Crippen molar-refractivity contribution in [2.24, 2.45) is 0 Å². The van der Waals surface area contributed by atoms with Gasteiger partial charge in [0.05, 0.1) is 12.0 Å². The third-order valence-electron chi connectivity index (χ3n) is 3.02. The molecule has 1 aromatic heterocycles. The Morgan fingerprint density at radius 3 is 2.60 bits per heavy atom. The molecule has 0 unspecified atom stereocenters. The van der Waals surface area contributed by atoms with Gasteiger partial charge >= 0.3 is 12.1 Å². The number of halogens is 3. The fraction of sp³-hybridized carbons (Fsp3) is 0.500. The molecule has 1 heterocycles. The first-order valence-electron chi connectivity index (χ1n) is 6.02. The van der Waals surface area contributed by atoms with E-state index in [9.17, 15) is 22.8 Å². The molecule has 2 N–H and O–H groups in total. The summed E-state index contributed by atoms with van der Waals surface area (Å²) in [6, 6.07) is 0. The lowest BCUT2D eigenvalue weighted by molar-refractivity contribution is -0.142. The maximum atomic E-state index is 12.0. The number of carboxylic acid groups (broad SMARTS) is 1. The number of nitrogens with one attached hydrogen (secondary N) is 1. The minimum Gasteiger partial charge on any atom is -0.478 e. The van der Waals surface area contributed by atoms with Crippen LogP contribution in [0.5, 0.6) is 0 Å². The summed E-state index contributed by atoms with van der Waals surface area (Å²) in [7, 11) is 0. The van der Waals surface area contributed by atoms with Crippen LogP contribution in [-0.2, 0) is 17.6 Å². The molecule has 0 fully saturated rings. The van der Waals surface area contributed by atoms with Crippen LogP contribution in [0.4, 0.5) is 18.2 Å². The highest BCUT2D eigenvalue weighted by atomic mass is 32.1. The molecule has 1 aliphatic rings. The van der Waals surface area contributed by atoms with Gasteiger partial charge in [0.15, 0.2) is 0 Å². The van der Waals surface area contributed by atoms with E-state index in [0.717, 1.165) is 29.1 Å². The molecular weight excluding hydrogens is 295 g/mol. The summed E-state index contributed by atoms with van der Waals surface area (Å²) in [4.78, 5) is 23.6. The summed E-state index contributed by atoms with van der Waals surface area (Å²) in [5.74, 6) is -1.97. The summed E-state index contributed by atoms with van der Waals surface area (Å²) < 4.78 is 36.1. The molecule has 0 saturated carbocycles. The average Bonchev–Trinajstić information content (AvgIpc) is 2.84. The number of aryl methyl sites for hydroxylation is 1. The molecule has 0 atom stereocenters. The fourth-order valence-electron chi connectivity index (χ4n) is 2.16. The second kappa shape index (κ2) is 5.43. The highest BCUT2D eigenvalue weighted by Crippen LogP contribution is 2.39. The van der Waals surface area contributed by atoms with Crippen molar-refractivity contribution >= 4 is 28.2 Å². The minimum atomic E-state index is -4.40. The summed E-state index contributed by atoms with van der Waals surface area (Å²) in [6.45, 7) is 0. The number of hydrogen-bond donors (Lipinski definition) is 2. The summed E-state index contributed by atoms with van der Waals surface area (Å²) in [6.07, 6.45) is -4.07. The van der Waals surface area contributed by atoms with Gasteiger partial charge in [-0.2, -0.15) is 13.2 Å². The van der Waals surface area contributed by atoms with E-state index in [1.54, 1.807) is 0 Å². The molecule has 0 aromatic carbocycles. The van der Waals surface area contributed by atoms with Gasteiger partial charge in [0.25, 0.3) is 0 Å². The van der Waals surface area contributed by atoms with Crippen LogP contribution in [0.2, 0.25) is 0 Å². The second-order valence-corrected chi connectivity index (χ2v) is 5.64. The third kappa shape index (κ3) is 3.30. The Balaban J connectivity index is 2.10. The maximum Gasteiger partial charge on any atom is 0.389 e. The molecule has 0 radical (unpaired) electrons. The Bertz CT molecular complexity index is 551. The fourth-order valence-corrected chi connectivity index (χ4v) is 3.46. The van der Waals surface area contributed by atoms with E-state index in [1.165, 1.54) is 0 Å². The number of amides is 1. The second-order valence-electron chi connectivity index (χ2n) is 4.53. The van der Waals surface area contributed by atoms with Gasteiger partial charge < -0.3 is 10.4 Å². The topological polar surface area (TPSA) is 66.4 Å². The molecule has 1 amide bonds. The monoisotopic (exact) mass is 307 g/mol. The first-order chi connectivity index (χ1) is 9.28. The van der Waals surface area contributed by atoms with Crippen molar-refractivity contribution in [2.75, 3.05) is 5.32 Å². The number of carboxylic acids is 1.